The van der Waals surface area contributed by atoms with Crippen LogP contribution in [0.4, 0.5) is 5.82 Å². The molecule has 1 aromatic heterocycles. The summed E-state index contributed by atoms with van der Waals surface area (Å²) in [5.41, 5.74) is 2.12. The summed E-state index contributed by atoms with van der Waals surface area (Å²) in [7, 11) is 0. The highest BCUT2D eigenvalue weighted by Gasteiger charge is 2.31. The quantitative estimate of drug-likeness (QED) is 0.818. The Hall–Kier alpha value is -1.16. The average Bonchev–Trinajstić information content (AvgIpc) is 2.63. The van der Waals surface area contributed by atoms with Crippen molar-refractivity contribution in [1.29, 1.82) is 0 Å². The lowest BCUT2D eigenvalue weighted by Crippen LogP contribution is -2.35. The van der Waals surface area contributed by atoms with E-state index in [1.807, 2.05) is 13.8 Å². The van der Waals surface area contributed by atoms with E-state index in [4.69, 9.17) is 0 Å². The second-order valence-electron chi connectivity index (χ2n) is 4.68. The second kappa shape index (κ2) is 4.37. The van der Waals surface area contributed by atoms with Crippen LogP contribution in [-0.2, 0) is 0 Å². The Morgan fingerprint density at radius 3 is 2.81 bits per heavy atom. The molecule has 2 atom stereocenters. The molecule has 2 heterocycles. The van der Waals surface area contributed by atoms with E-state index in [1.165, 1.54) is 0 Å². The van der Waals surface area contributed by atoms with E-state index in [2.05, 4.69) is 28.1 Å². The van der Waals surface area contributed by atoms with Crippen LogP contribution in [0.3, 0.4) is 0 Å². The Bertz CT molecular complexity index is 381. The first kappa shape index (κ1) is 11.3. The van der Waals surface area contributed by atoms with Gasteiger partial charge in [-0.2, -0.15) is 5.10 Å². The molecule has 1 saturated heterocycles. The van der Waals surface area contributed by atoms with Gasteiger partial charge in [0, 0.05) is 6.54 Å². The van der Waals surface area contributed by atoms with Crippen molar-refractivity contribution in [3.63, 3.8) is 0 Å². The molecule has 1 aromatic rings. The number of aliphatic hydroxyl groups is 1. The molecule has 0 aromatic carbocycles. The maximum atomic E-state index is 9.40. The van der Waals surface area contributed by atoms with E-state index in [0.29, 0.717) is 5.92 Å². The molecule has 88 valence electrons. The van der Waals surface area contributed by atoms with Gasteiger partial charge in [0.2, 0.25) is 0 Å². The second-order valence-corrected chi connectivity index (χ2v) is 4.68. The van der Waals surface area contributed by atoms with Crippen molar-refractivity contribution in [3.8, 4) is 0 Å². The molecule has 0 radical (unpaired) electrons. The Morgan fingerprint density at radius 1 is 1.44 bits per heavy atom. The normalized spacial score (nSPS) is 25.1. The number of nitrogens with zero attached hydrogens (tertiary/aromatic N) is 3. The highest BCUT2D eigenvalue weighted by molar-refractivity contribution is 5.43. The molecular formula is C12H19N3O. The summed E-state index contributed by atoms with van der Waals surface area (Å²) in [5.74, 6) is 1.42. The minimum Gasteiger partial charge on any atom is -0.394 e. The van der Waals surface area contributed by atoms with Gasteiger partial charge in [0.1, 0.15) is 0 Å². The number of aliphatic hydroxyl groups excluding tert-OH is 1. The van der Waals surface area contributed by atoms with Gasteiger partial charge in [-0.3, -0.25) is 0 Å². The van der Waals surface area contributed by atoms with Gasteiger partial charge in [-0.1, -0.05) is 6.92 Å². The molecule has 1 aliphatic heterocycles. The number of aromatic nitrogens is 2. The van der Waals surface area contributed by atoms with Crippen molar-refractivity contribution < 1.29 is 5.11 Å². The summed E-state index contributed by atoms with van der Waals surface area (Å²) < 4.78 is 0. The molecule has 4 heteroatoms. The van der Waals surface area contributed by atoms with Crippen molar-refractivity contribution in [2.24, 2.45) is 5.92 Å². The third kappa shape index (κ3) is 1.89. The van der Waals surface area contributed by atoms with Crippen LogP contribution < -0.4 is 4.90 Å². The topological polar surface area (TPSA) is 49.2 Å². The molecule has 0 aliphatic carbocycles. The fourth-order valence-electron chi connectivity index (χ4n) is 2.24. The monoisotopic (exact) mass is 221 g/mol. The number of hydrogen-bond donors (Lipinski definition) is 1. The van der Waals surface area contributed by atoms with Gasteiger partial charge in [-0.05, 0) is 37.8 Å². The van der Waals surface area contributed by atoms with Crippen LogP contribution in [-0.4, -0.2) is 34.5 Å². The molecule has 16 heavy (non-hydrogen) atoms. The zero-order valence-corrected chi connectivity index (χ0v) is 10.1. The van der Waals surface area contributed by atoms with Gasteiger partial charge in [0.05, 0.1) is 18.3 Å². The van der Waals surface area contributed by atoms with Crippen LogP contribution in [0.15, 0.2) is 6.07 Å². The highest BCUT2D eigenvalue weighted by atomic mass is 16.3. The summed E-state index contributed by atoms with van der Waals surface area (Å²) in [4.78, 5) is 2.17. The molecule has 0 amide bonds. The van der Waals surface area contributed by atoms with Gasteiger partial charge >= 0.3 is 0 Å². The third-order valence-electron chi connectivity index (χ3n) is 3.58. The van der Waals surface area contributed by atoms with E-state index in [-0.39, 0.29) is 12.6 Å². The first-order valence-electron chi connectivity index (χ1n) is 5.82. The SMILES string of the molecule is Cc1cc(N2CCC(C)C2CO)nnc1C. The fourth-order valence-corrected chi connectivity index (χ4v) is 2.24. The third-order valence-corrected chi connectivity index (χ3v) is 3.58. The fraction of sp³-hybridized carbons (Fsp3) is 0.667. The van der Waals surface area contributed by atoms with Crippen LogP contribution in [0, 0.1) is 19.8 Å². The van der Waals surface area contributed by atoms with Crippen molar-refractivity contribution in [1.82, 2.24) is 10.2 Å². The predicted octanol–water partition coefficient (Wildman–Crippen LogP) is 1.30. The van der Waals surface area contributed by atoms with Gasteiger partial charge in [0.25, 0.3) is 0 Å². The lowest BCUT2D eigenvalue weighted by atomic mass is 10.0. The molecule has 0 bridgehead atoms. The lowest BCUT2D eigenvalue weighted by molar-refractivity contribution is 0.244. The van der Waals surface area contributed by atoms with Gasteiger partial charge in [-0.15, -0.1) is 5.10 Å². The summed E-state index contributed by atoms with van der Waals surface area (Å²) >= 11 is 0. The molecule has 2 unspecified atom stereocenters. The van der Waals surface area contributed by atoms with Crippen LogP contribution in [0.5, 0.6) is 0 Å². The Morgan fingerprint density at radius 2 is 2.19 bits per heavy atom. The molecule has 1 fully saturated rings. The van der Waals surface area contributed by atoms with E-state index in [1.54, 1.807) is 0 Å². The number of anilines is 1. The summed E-state index contributed by atoms with van der Waals surface area (Å²) in [5, 5.41) is 17.8. The van der Waals surface area contributed by atoms with Gasteiger partial charge in [-0.25, -0.2) is 0 Å². The smallest absolute Gasteiger partial charge is 0.151 e. The Balaban J connectivity index is 2.27. The first-order valence-corrected chi connectivity index (χ1v) is 5.82. The van der Waals surface area contributed by atoms with Crippen LogP contribution >= 0.6 is 0 Å². The summed E-state index contributed by atoms with van der Waals surface area (Å²) in [6, 6.07) is 2.25. The highest BCUT2D eigenvalue weighted by Crippen LogP contribution is 2.28. The maximum Gasteiger partial charge on any atom is 0.151 e. The lowest BCUT2D eigenvalue weighted by Gasteiger charge is -2.26. The minimum atomic E-state index is 0.190. The van der Waals surface area contributed by atoms with E-state index >= 15 is 0 Å². The standard InChI is InChI=1S/C12H19N3O/c1-8-4-5-15(11(8)7-16)12-6-9(2)10(3)13-14-12/h6,8,11,16H,4-5,7H2,1-3H3. The van der Waals surface area contributed by atoms with Crippen molar-refractivity contribution >= 4 is 5.82 Å². The maximum absolute atomic E-state index is 9.40. The van der Waals surface area contributed by atoms with Crippen molar-refractivity contribution in [2.75, 3.05) is 18.1 Å². The molecule has 1 N–H and O–H groups in total. The van der Waals surface area contributed by atoms with Crippen LogP contribution in [0.1, 0.15) is 24.6 Å². The minimum absolute atomic E-state index is 0.190. The van der Waals surface area contributed by atoms with Crippen LogP contribution in [0.25, 0.3) is 0 Å². The van der Waals surface area contributed by atoms with E-state index in [9.17, 15) is 5.11 Å². The molecule has 0 saturated carbocycles. The Labute approximate surface area is 96.3 Å². The van der Waals surface area contributed by atoms with E-state index < -0.39 is 0 Å². The van der Waals surface area contributed by atoms with E-state index in [0.717, 1.165) is 30.0 Å². The van der Waals surface area contributed by atoms with Gasteiger partial charge < -0.3 is 10.0 Å². The Kier molecular flexibility index (Phi) is 3.10. The van der Waals surface area contributed by atoms with Crippen molar-refractivity contribution in [2.45, 2.75) is 33.2 Å². The molecule has 4 nitrogen and oxygen atoms in total. The largest absolute Gasteiger partial charge is 0.394 e. The summed E-state index contributed by atoms with van der Waals surface area (Å²) in [6.07, 6.45) is 1.11. The van der Waals surface area contributed by atoms with Crippen LogP contribution in [0.2, 0.25) is 0 Å². The molecule has 0 spiro atoms. The number of hydrogen-bond acceptors (Lipinski definition) is 4. The number of rotatable bonds is 2. The molecule has 2 rings (SSSR count). The summed E-state index contributed by atoms with van der Waals surface area (Å²) in [6.45, 7) is 7.33. The average molecular weight is 221 g/mol. The predicted molar refractivity (Wildman–Crippen MR) is 63.5 cm³/mol. The van der Waals surface area contributed by atoms with Crippen molar-refractivity contribution in [3.05, 3.63) is 17.3 Å². The zero-order valence-electron chi connectivity index (χ0n) is 10.1. The number of aryl methyl sites for hydroxylation is 2. The zero-order chi connectivity index (χ0) is 11.7. The first-order chi connectivity index (χ1) is 7.63. The molecular weight excluding hydrogens is 202 g/mol. The van der Waals surface area contributed by atoms with Gasteiger partial charge in [0.15, 0.2) is 5.82 Å². The molecule has 1 aliphatic rings.